The van der Waals surface area contributed by atoms with Crippen LogP contribution in [0.5, 0.6) is 0 Å². The number of benzene rings is 1. The largest absolute Gasteiger partial charge is 0.353 e. The van der Waals surface area contributed by atoms with Crippen molar-refractivity contribution < 1.29 is 9.59 Å². The van der Waals surface area contributed by atoms with Gasteiger partial charge in [0.05, 0.1) is 29.4 Å². The molecule has 0 unspecified atom stereocenters. The summed E-state index contributed by atoms with van der Waals surface area (Å²) < 4.78 is 1.74. The van der Waals surface area contributed by atoms with E-state index < -0.39 is 0 Å². The molecule has 0 spiro atoms. The lowest BCUT2D eigenvalue weighted by Crippen LogP contribution is -2.49. The summed E-state index contributed by atoms with van der Waals surface area (Å²) in [5.74, 6) is 0.638. The normalized spacial score (nSPS) is 17.3. The van der Waals surface area contributed by atoms with Crippen LogP contribution >= 0.6 is 0 Å². The quantitative estimate of drug-likeness (QED) is 0.575. The van der Waals surface area contributed by atoms with Gasteiger partial charge in [0, 0.05) is 39.3 Å². The summed E-state index contributed by atoms with van der Waals surface area (Å²) in [7, 11) is 1.87. The van der Waals surface area contributed by atoms with E-state index in [4.69, 9.17) is 0 Å². The molecule has 34 heavy (non-hydrogen) atoms. The molecule has 2 aliphatic rings. The highest BCUT2D eigenvalue weighted by atomic mass is 16.2. The molecule has 5 rings (SSSR count). The number of para-hydroxylation sites is 1. The van der Waals surface area contributed by atoms with Crippen LogP contribution in [0, 0.1) is 0 Å². The van der Waals surface area contributed by atoms with E-state index in [1.165, 1.54) is 0 Å². The molecule has 1 aliphatic heterocycles. The lowest BCUT2D eigenvalue weighted by molar-refractivity contribution is -0.117. The average molecular weight is 463 g/mol. The number of piperazine rings is 1. The minimum Gasteiger partial charge on any atom is -0.353 e. The van der Waals surface area contributed by atoms with Crippen LogP contribution in [0.25, 0.3) is 11.0 Å². The van der Waals surface area contributed by atoms with E-state index in [0.29, 0.717) is 11.3 Å². The predicted molar refractivity (Wildman–Crippen MR) is 130 cm³/mol. The second-order valence-corrected chi connectivity index (χ2v) is 9.01. The number of carbonyl (C=O) groups excluding carboxylic acids is 2. The fraction of sp³-hybridized carbons (Fsp3) is 0.458. The number of nitrogens with zero attached hydrogens (tertiary/aromatic N) is 6. The molecule has 178 valence electrons. The number of aromatic nitrogens is 4. The monoisotopic (exact) mass is 462 g/mol. The van der Waals surface area contributed by atoms with Crippen LogP contribution < -0.4 is 15.5 Å². The summed E-state index contributed by atoms with van der Waals surface area (Å²) in [6.45, 7) is 3.27. The molecule has 2 N–H and O–H groups in total. The Bertz CT molecular complexity index is 1180. The van der Waals surface area contributed by atoms with E-state index >= 15 is 0 Å². The lowest BCUT2D eigenvalue weighted by atomic mass is 10.1. The van der Waals surface area contributed by atoms with Crippen molar-refractivity contribution >= 4 is 34.4 Å². The van der Waals surface area contributed by atoms with Crippen LogP contribution in [0.1, 0.15) is 36.0 Å². The molecule has 0 atom stereocenters. The van der Waals surface area contributed by atoms with Gasteiger partial charge in [-0.2, -0.15) is 5.10 Å². The highest BCUT2D eigenvalue weighted by molar-refractivity contribution is 6.04. The molecule has 3 heterocycles. The molecule has 1 aromatic carbocycles. The zero-order valence-corrected chi connectivity index (χ0v) is 19.4. The minimum absolute atomic E-state index is 0.119. The minimum atomic E-state index is -0.122. The van der Waals surface area contributed by atoms with Gasteiger partial charge in [-0.3, -0.25) is 19.2 Å². The van der Waals surface area contributed by atoms with Gasteiger partial charge >= 0.3 is 0 Å². The zero-order valence-electron chi connectivity index (χ0n) is 19.4. The van der Waals surface area contributed by atoms with Gasteiger partial charge < -0.3 is 15.5 Å². The third kappa shape index (κ3) is 4.72. The molecule has 10 nitrogen and oxygen atoms in total. The van der Waals surface area contributed by atoms with Gasteiger partial charge in [-0.15, -0.1) is 0 Å². The molecule has 2 fully saturated rings. The lowest BCUT2D eigenvalue weighted by Gasteiger charge is -2.35. The van der Waals surface area contributed by atoms with Gasteiger partial charge in [-0.25, -0.2) is 9.97 Å². The molecule has 1 aliphatic carbocycles. The van der Waals surface area contributed by atoms with Gasteiger partial charge in [0.25, 0.3) is 5.91 Å². The van der Waals surface area contributed by atoms with Crippen LogP contribution in [0.2, 0.25) is 0 Å². The summed E-state index contributed by atoms with van der Waals surface area (Å²) in [5, 5.41) is 11.3. The molecular formula is C24H30N8O2. The highest BCUT2D eigenvalue weighted by Crippen LogP contribution is 2.23. The SMILES string of the molecule is Cn1ncc2c(N3CCN(CC(=O)Nc4ccccc4C(=O)NC4CCCC4)CC3)ncnc21. The Morgan fingerprint density at radius 3 is 2.62 bits per heavy atom. The standard InChI is InChI=1S/C24H30N8O2/c1-30-22-19(14-27-30)23(26-16-25-22)32-12-10-31(11-13-32)15-21(33)29-20-9-5-4-8-18(20)24(34)28-17-6-2-3-7-17/h4-5,8-9,14,16-17H,2-3,6-7,10-13,15H2,1H3,(H,28,34)(H,29,33). The fourth-order valence-corrected chi connectivity index (χ4v) is 4.84. The Labute approximate surface area is 198 Å². The van der Waals surface area contributed by atoms with E-state index in [1.807, 2.05) is 19.2 Å². The van der Waals surface area contributed by atoms with Crippen molar-refractivity contribution in [2.45, 2.75) is 31.7 Å². The van der Waals surface area contributed by atoms with Crippen molar-refractivity contribution in [3.63, 3.8) is 0 Å². The number of anilines is 2. The Hall–Kier alpha value is -3.53. The average Bonchev–Trinajstić information content (AvgIpc) is 3.50. The Morgan fingerprint density at radius 2 is 1.82 bits per heavy atom. The van der Waals surface area contributed by atoms with Crippen molar-refractivity contribution in [2.75, 3.05) is 42.9 Å². The summed E-state index contributed by atoms with van der Waals surface area (Å²) >= 11 is 0. The number of aryl methyl sites for hydroxylation is 1. The Kier molecular flexibility index (Phi) is 6.39. The zero-order chi connectivity index (χ0) is 23.5. The number of rotatable bonds is 6. The predicted octanol–water partition coefficient (Wildman–Crippen LogP) is 1.80. The maximum Gasteiger partial charge on any atom is 0.253 e. The molecule has 0 bridgehead atoms. The first kappa shape index (κ1) is 22.3. The smallest absolute Gasteiger partial charge is 0.253 e. The van der Waals surface area contributed by atoms with E-state index in [0.717, 1.165) is 68.7 Å². The molecule has 1 saturated heterocycles. The van der Waals surface area contributed by atoms with Crippen molar-refractivity contribution in [3.8, 4) is 0 Å². The van der Waals surface area contributed by atoms with Crippen molar-refractivity contribution in [1.82, 2.24) is 30.0 Å². The Morgan fingerprint density at radius 1 is 1.06 bits per heavy atom. The first-order valence-electron chi connectivity index (χ1n) is 11.9. The van der Waals surface area contributed by atoms with Crippen LogP contribution in [-0.2, 0) is 11.8 Å². The van der Waals surface area contributed by atoms with Crippen molar-refractivity contribution in [2.24, 2.45) is 7.05 Å². The van der Waals surface area contributed by atoms with Gasteiger partial charge in [-0.05, 0) is 25.0 Å². The molecule has 2 amide bonds. The number of amides is 2. The van der Waals surface area contributed by atoms with Crippen LogP contribution in [0.3, 0.4) is 0 Å². The van der Waals surface area contributed by atoms with E-state index in [9.17, 15) is 9.59 Å². The highest BCUT2D eigenvalue weighted by Gasteiger charge is 2.24. The molecular weight excluding hydrogens is 432 g/mol. The van der Waals surface area contributed by atoms with Crippen molar-refractivity contribution in [1.29, 1.82) is 0 Å². The van der Waals surface area contributed by atoms with Crippen LogP contribution in [0.15, 0.2) is 36.8 Å². The molecule has 3 aromatic rings. The number of hydrogen-bond donors (Lipinski definition) is 2. The Balaban J connectivity index is 1.17. The first-order valence-corrected chi connectivity index (χ1v) is 11.9. The van der Waals surface area contributed by atoms with Crippen LogP contribution in [-0.4, -0.2) is 75.2 Å². The van der Waals surface area contributed by atoms with Crippen LogP contribution in [0.4, 0.5) is 11.5 Å². The molecule has 1 saturated carbocycles. The van der Waals surface area contributed by atoms with E-state index in [-0.39, 0.29) is 24.4 Å². The van der Waals surface area contributed by atoms with Gasteiger partial charge in [-0.1, -0.05) is 25.0 Å². The number of nitrogens with one attached hydrogen (secondary N) is 2. The topological polar surface area (TPSA) is 108 Å². The summed E-state index contributed by atoms with van der Waals surface area (Å²) in [4.78, 5) is 38.7. The number of hydrogen-bond acceptors (Lipinski definition) is 7. The third-order valence-corrected chi connectivity index (χ3v) is 6.68. The maximum absolute atomic E-state index is 12.8. The van der Waals surface area contributed by atoms with Crippen molar-refractivity contribution in [3.05, 3.63) is 42.4 Å². The van der Waals surface area contributed by atoms with E-state index in [1.54, 1.807) is 29.3 Å². The molecule has 0 radical (unpaired) electrons. The summed E-state index contributed by atoms with van der Waals surface area (Å²) in [5.41, 5.74) is 1.88. The van der Waals surface area contributed by atoms with E-state index in [2.05, 4.69) is 35.5 Å². The molecule has 10 heteroatoms. The van der Waals surface area contributed by atoms with Gasteiger partial charge in [0.2, 0.25) is 5.91 Å². The third-order valence-electron chi connectivity index (χ3n) is 6.68. The fourth-order valence-electron chi connectivity index (χ4n) is 4.84. The summed E-state index contributed by atoms with van der Waals surface area (Å²) in [6, 6.07) is 7.44. The molecule has 2 aromatic heterocycles. The second kappa shape index (κ2) is 9.76. The number of fused-ring (bicyclic) bond motifs is 1. The summed E-state index contributed by atoms with van der Waals surface area (Å²) in [6.07, 6.45) is 7.72. The maximum atomic E-state index is 12.8. The van der Waals surface area contributed by atoms with Gasteiger partial charge in [0.1, 0.15) is 12.1 Å². The van der Waals surface area contributed by atoms with Gasteiger partial charge in [0.15, 0.2) is 5.65 Å². The first-order chi connectivity index (χ1) is 16.6. The number of carbonyl (C=O) groups is 2. The second-order valence-electron chi connectivity index (χ2n) is 9.01.